The summed E-state index contributed by atoms with van der Waals surface area (Å²) in [7, 11) is -4.92. The molecule has 1 aromatic rings. The Balaban J connectivity index is 1.97. The van der Waals surface area contributed by atoms with Crippen LogP contribution in [0.15, 0.2) is 17.0 Å². The van der Waals surface area contributed by atoms with Crippen molar-refractivity contribution in [3.8, 4) is 0 Å². The predicted octanol–water partition coefficient (Wildman–Crippen LogP) is 1.17. The topological polar surface area (TPSA) is 78.0 Å². The summed E-state index contributed by atoms with van der Waals surface area (Å²) in [6.07, 6.45) is 1.49. The molecular weight excluding hydrogens is 374 g/mol. The standard InChI is InChI=1S/C17H27N3O4S2/c1-14-12-16(20-6-4-5-11-25(20,21)22)13-15(2)17(14)26(23,24)19-9-7-18(3)8-10-19/h12-13H,4-11H2,1-3H3. The van der Waals surface area contributed by atoms with Gasteiger partial charge >= 0.3 is 0 Å². The molecule has 3 rings (SSSR count). The zero-order valence-electron chi connectivity index (χ0n) is 15.6. The van der Waals surface area contributed by atoms with E-state index in [1.54, 1.807) is 26.0 Å². The Labute approximate surface area is 156 Å². The van der Waals surface area contributed by atoms with Gasteiger partial charge < -0.3 is 4.90 Å². The van der Waals surface area contributed by atoms with E-state index in [4.69, 9.17) is 0 Å². The van der Waals surface area contributed by atoms with Gasteiger partial charge in [0.05, 0.1) is 16.3 Å². The molecule has 146 valence electrons. The molecule has 7 nitrogen and oxygen atoms in total. The van der Waals surface area contributed by atoms with Gasteiger partial charge in [-0.05, 0) is 57.0 Å². The van der Waals surface area contributed by atoms with E-state index in [2.05, 4.69) is 4.90 Å². The van der Waals surface area contributed by atoms with Gasteiger partial charge in [-0.1, -0.05) is 0 Å². The largest absolute Gasteiger partial charge is 0.304 e. The highest BCUT2D eigenvalue weighted by Gasteiger charge is 2.32. The van der Waals surface area contributed by atoms with Crippen LogP contribution in [0.2, 0.25) is 0 Å². The van der Waals surface area contributed by atoms with Gasteiger partial charge in [-0.3, -0.25) is 4.31 Å². The zero-order valence-corrected chi connectivity index (χ0v) is 17.2. The molecule has 0 unspecified atom stereocenters. The average molecular weight is 402 g/mol. The fraction of sp³-hybridized carbons (Fsp3) is 0.647. The number of likely N-dealkylation sites (N-methyl/N-ethyl adjacent to an activating group) is 1. The Morgan fingerprint density at radius 1 is 0.923 bits per heavy atom. The van der Waals surface area contributed by atoms with Crippen molar-refractivity contribution in [1.29, 1.82) is 0 Å². The SMILES string of the molecule is Cc1cc(N2CCCCS2(=O)=O)cc(C)c1S(=O)(=O)N1CCN(C)CC1. The molecular formula is C17H27N3O4S2. The number of anilines is 1. The summed E-state index contributed by atoms with van der Waals surface area (Å²) in [5.74, 6) is 0.145. The second kappa shape index (κ2) is 7.10. The van der Waals surface area contributed by atoms with E-state index < -0.39 is 20.0 Å². The van der Waals surface area contributed by atoms with Gasteiger partial charge in [-0.25, -0.2) is 16.8 Å². The highest BCUT2D eigenvalue weighted by Crippen LogP contribution is 2.32. The van der Waals surface area contributed by atoms with Crippen molar-refractivity contribution < 1.29 is 16.8 Å². The summed E-state index contributed by atoms with van der Waals surface area (Å²) in [6.45, 7) is 6.31. The molecule has 2 aliphatic heterocycles. The molecule has 2 saturated heterocycles. The number of piperazine rings is 1. The molecule has 2 aliphatic rings. The lowest BCUT2D eigenvalue weighted by molar-refractivity contribution is 0.222. The molecule has 0 spiro atoms. The molecule has 0 aromatic heterocycles. The van der Waals surface area contributed by atoms with Crippen LogP contribution < -0.4 is 4.31 Å². The highest BCUT2D eigenvalue weighted by molar-refractivity contribution is 7.92. The van der Waals surface area contributed by atoms with Crippen molar-refractivity contribution in [2.45, 2.75) is 31.6 Å². The Hall–Kier alpha value is -1.16. The third-order valence-corrected chi connectivity index (χ3v) is 9.22. The molecule has 0 radical (unpaired) electrons. The normalized spacial score (nSPS) is 22.5. The Kier molecular flexibility index (Phi) is 5.35. The highest BCUT2D eigenvalue weighted by atomic mass is 32.2. The van der Waals surface area contributed by atoms with Crippen LogP contribution in [0.5, 0.6) is 0 Å². The van der Waals surface area contributed by atoms with Gasteiger partial charge in [0.1, 0.15) is 0 Å². The smallest absolute Gasteiger partial charge is 0.243 e. The predicted molar refractivity (Wildman–Crippen MR) is 103 cm³/mol. The quantitative estimate of drug-likeness (QED) is 0.760. The third-order valence-electron chi connectivity index (χ3n) is 5.14. The van der Waals surface area contributed by atoms with Crippen molar-refractivity contribution in [3.05, 3.63) is 23.3 Å². The number of hydrogen-bond acceptors (Lipinski definition) is 5. The maximum atomic E-state index is 13.1. The number of nitrogens with zero attached hydrogens (tertiary/aromatic N) is 3. The molecule has 0 atom stereocenters. The monoisotopic (exact) mass is 401 g/mol. The summed E-state index contributed by atoms with van der Waals surface area (Å²) in [4.78, 5) is 2.41. The first-order valence-corrected chi connectivity index (χ1v) is 12.0. The number of rotatable bonds is 3. The Morgan fingerprint density at radius 2 is 1.50 bits per heavy atom. The minimum Gasteiger partial charge on any atom is -0.304 e. The fourth-order valence-corrected chi connectivity index (χ4v) is 7.17. The van der Waals surface area contributed by atoms with Crippen molar-refractivity contribution in [2.75, 3.05) is 49.8 Å². The number of aryl methyl sites for hydroxylation is 2. The maximum absolute atomic E-state index is 13.1. The van der Waals surface area contributed by atoms with Crippen LogP contribution in [0.3, 0.4) is 0 Å². The molecule has 0 amide bonds. The van der Waals surface area contributed by atoms with E-state index in [0.29, 0.717) is 60.9 Å². The molecule has 2 fully saturated rings. The number of sulfonamides is 2. The third kappa shape index (κ3) is 3.62. The lowest BCUT2D eigenvalue weighted by Gasteiger charge is -2.33. The van der Waals surface area contributed by atoms with Crippen LogP contribution in [0.25, 0.3) is 0 Å². The molecule has 0 N–H and O–H groups in total. The summed E-state index contributed by atoms with van der Waals surface area (Å²) in [6, 6.07) is 3.39. The van der Waals surface area contributed by atoms with Crippen LogP contribution in [-0.4, -0.2) is 71.6 Å². The van der Waals surface area contributed by atoms with E-state index >= 15 is 0 Å². The zero-order chi connectivity index (χ0) is 19.1. The minimum atomic E-state index is -3.58. The molecule has 0 bridgehead atoms. The Bertz CT molecular complexity index is 866. The summed E-state index contributed by atoms with van der Waals surface area (Å²) < 4.78 is 53.9. The second-order valence-electron chi connectivity index (χ2n) is 7.21. The van der Waals surface area contributed by atoms with Gasteiger partial charge in [0, 0.05) is 32.7 Å². The van der Waals surface area contributed by atoms with Crippen LogP contribution in [0.1, 0.15) is 24.0 Å². The van der Waals surface area contributed by atoms with E-state index in [0.717, 1.165) is 6.42 Å². The van der Waals surface area contributed by atoms with E-state index in [1.807, 2.05) is 7.05 Å². The lowest BCUT2D eigenvalue weighted by Crippen LogP contribution is -2.47. The fourth-order valence-electron chi connectivity index (χ4n) is 3.71. The number of benzene rings is 1. The summed E-state index contributed by atoms with van der Waals surface area (Å²) in [5, 5.41) is 0. The lowest BCUT2D eigenvalue weighted by atomic mass is 10.1. The Morgan fingerprint density at radius 3 is 2.04 bits per heavy atom. The van der Waals surface area contributed by atoms with Gasteiger partial charge in [0.15, 0.2) is 0 Å². The van der Waals surface area contributed by atoms with Crippen molar-refractivity contribution >= 4 is 25.7 Å². The average Bonchev–Trinajstić information content (AvgIpc) is 2.53. The van der Waals surface area contributed by atoms with Crippen LogP contribution >= 0.6 is 0 Å². The second-order valence-corrected chi connectivity index (χ2v) is 11.1. The molecule has 2 heterocycles. The van der Waals surface area contributed by atoms with Crippen molar-refractivity contribution in [1.82, 2.24) is 9.21 Å². The number of hydrogen-bond donors (Lipinski definition) is 0. The van der Waals surface area contributed by atoms with Gasteiger partial charge in [-0.15, -0.1) is 0 Å². The summed E-state index contributed by atoms with van der Waals surface area (Å²) >= 11 is 0. The van der Waals surface area contributed by atoms with Crippen LogP contribution in [0, 0.1) is 13.8 Å². The molecule has 1 aromatic carbocycles. The molecule has 9 heteroatoms. The first-order chi connectivity index (χ1) is 12.1. The molecule has 0 saturated carbocycles. The molecule has 0 aliphatic carbocycles. The van der Waals surface area contributed by atoms with Gasteiger partial charge in [0.2, 0.25) is 20.0 Å². The van der Waals surface area contributed by atoms with E-state index in [-0.39, 0.29) is 5.75 Å². The first-order valence-electron chi connectivity index (χ1n) is 8.93. The van der Waals surface area contributed by atoms with E-state index in [1.165, 1.54) is 8.61 Å². The summed E-state index contributed by atoms with van der Waals surface area (Å²) in [5.41, 5.74) is 1.76. The van der Waals surface area contributed by atoms with Crippen LogP contribution in [-0.2, 0) is 20.0 Å². The van der Waals surface area contributed by atoms with Crippen molar-refractivity contribution in [3.63, 3.8) is 0 Å². The van der Waals surface area contributed by atoms with Crippen molar-refractivity contribution in [2.24, 2.45) is 0 Å². The van der Waals surface area contributed by atoms with E-state index in [9.17, 15) is 16.8 Å². The first kappa shape index (κ1) is 19.6. The van der Waals surface area contributed by atoms with Gasteiger partial charge in [0.25, 0.3) is 0 Å². The minimum absolute atomic E-state index is 0.145. The molecule has 26 heavy (non-hydrogen) atoms. The van der Waals surface area contributed by atoms with Gasteiger partial charge in [-0.2, -0.15) is 4.31 Å². The van der Waals surface area contributed by atoms with Crippen LogP contribution in [0.4, 0.5) is 5.69 Å². The maximum Gasteiger partial charge on any atom is 0.243 e.